The Balaban J connectivity index is 1.73. The van der Waals surface area contributed by atoms with Crippen molar-refractivity contribution >= 4 is 17.3 Å². The number of benzene rings is 1. The molecule has 24 heavy (non-hydrogen) atoms. The van der Waals surface area contributed by atoms with E-state index in [0.717, 1.165) is 17.0 Å². The fraction of sp³-hybridized carbons (Fsp3) is 0.412. The van der Waals surface area contributed by atoms with Gasteiger partial charge in [0.25, 0.3) is 0 Å². The van der Waals surface area contributed by atoms with Crippen LogP contribution in [0.2, 0.25) is 0 Å². The third-order valence-electron chi connectivity index (χ3n) is 4.42. The van der Waals surface area contributed by atoms with Crippen LogP contribution >= 0.6 is 0 Å². The van der Waals surface area contributed by atoms with Crippen molar-refractivity contribution in [1.29, 1.82) is 0 Å². The van der Waals surface area contributed by atoms with Crippen LogP contribution in [0.15, 0.2) is 12.1 Å². The van der Waals surface area contributed by atoms with E-state index in [1.165, 1.54) is 0 Å². The molecule has 2 heterocycles. The van der Waals surface area contributed by atoms with Crippen molar-refractivity contribution < 1.29 is 14.3 Å². The number of fused-ring (bicyclic) bond motifs is 1. The third-order valence-corrected chi connectivity index (χ3v) is 4.42. The Hall–Kier alpha value is -2.70. The predicted molar refractivity (Wildman–Crippen MR) is 91.2 cm³/mol. The van der Waals surface area contributed by atoms with Crippen molar-refractivity contribution in [1.82, 2.24) is 9.78 Å². The molecular weight excluding hydrogens is 308 g/mol. The summed E-state index contributed by atoms with van der Waals surface area (Å²) >= 11 is 0. The molecule has 7 nitrogen and oxygen atoms in total. The fourth-order valence-electron chi connectivity index (χ4n) is 2.83. The summed E-state index contributed by atoms with van der Waals surface area (Å²) in [7, 11) is 1.91. The molecule has 1 aliphatic heterocycles. The maximum Gasteiger partial charge on any atom is 0.231 e. The molecule has 3 N–H and O–H groups in total. The van der Waals surface area contributed by atoms with Gasteiger partial charge in [0.1, 0.15) is 0 Å². The van der Waals surface area contributed by atoms with Gasteiger partial charge in [-0.2, -0.15) is 5.10 Å². The Morgan fingerprint density at radius 1 is 1.38 bits per heavy atom. The highest BCUT2D eigenvalue weighted by Crippen LogP contribution is 2.38. The smallest absolute Gasteiger partial charge is 0.231 e. The topological polar surface area (TPSA) is 91.4 Å². The van der Waals surface area contributed by atoms with Gasteiger partial charge < -0.3 is 20.5 Å². The zero-order valence-corrected chi connectivity index (χ0v) is 14.3. The Morgan fingerprint density at radius 2 is 2.04 bits per heavy atom. The van der Waals surface area contributed by atoms with Gasteiger partial charge in [-0.3, -0.25) is 9.48 Å². The Bertz CT molecular complexity index is 798. The summed E-state index contributed by atoms with van der Waals surface area (Å²) in [5.74, 6) is 0.880. The van der Waals surface area contributed by atoms with E-state index in [4.69, 9.17) is 15.2 Å². The number of ether oxygens (including phenoxy) is 2. The molecule has 0 radical (unpaired) electrons. The number of nitrogen functional groups attached to an aromatic ring is 1. The van der Waals surface area contributed by atoms with Gasteiger partial charge in [0.05, 0.1) is 17.1 Å². The van der Waals surface area contributed by atoms with Gasteiger partial charge >= 0.3 is 0 Å². The molecule has 128 valence electrons. The maximum absolute atomic E-state index is 12.5. The molecule has 0 spiro atoms. The first kappa shape index (κ1) is 16.2. The van der Waals surface area contributed by atoms with Gasteiger partial charge in [0.15, 0.2) is 11.5 Å². The maximum atomic E-state index is 12.5. The lowest BCUT2D eigenvalue weighted by atomic mass is 9.98. The molecule has 1 atom stereocenters. The van der Waals surface area contributed by atoms with E-state index < -0.39 is 0 Å². The van der Waals surface area contributed by atoms with E-state index in [0.29, 0.717) is 29.3 Å². The molecule has 0 saturated carbocycles. The van der Waals surface area contributed by atoms with Crippen LogP contribution in [-0.4, -0.2) is 22.5 Å². The number of carbonyl (C=O) groups excluding carboxylic acids is 1. The van der Waals surface area contributed by atoms with Crippen LogP contribution in [0.25, 0.3) is 0 Å². The number of anilines is 2. The van der Waals surface area contributed by atoms with Crippen LogP contribution in [0.4, 0.5) is 11.4 Å². The normalized spacial score (nSPS) is 13.8. The minimum atomic E-state index is -0.212. The van der Waals surface area contributed by atoms with Crippen molar-refractivity contribution in [2.45, 2.75) is 27.2 Å². The van der Waals surface area contributed by atoms with Crippen LogP contribution in [0.1, 0.15) is 23.9 Å². The molecule has 3 rings (SSSR count). The van der Waals surface area contributed by atoms with Gasteiger partial charge in [-0.25, -0.2) is 0 Å². The summed E-state index contributed by atoms with van der Waals surface area (Å²) in [5, 5.41) is 7.27. The minimum Gasteiger partial charge on any atom is -0.454 e. The average molecular weight is 330 g/mol. The van der Waals surface area contributed by atoms with Gasteiger partial charge in [-0.05, 0) is 25.8 Å². The monoisotopic (exact) mass is 330 g/mol. The summed E-state index contributed by atoms with van der Waals surface area (Å²) in [6, 6.07) is 3.36. The molecule has 1 unspecified atom stereocenters. The zero-order valence-electron chi connectivity index (χ0n) is 14.3. The number of nitrogens with zero attached hydrogens (tertiary/aromatic N) is 2. The highest BCUT2D eigenvalue weighted by molar-refractivity contribution is 5.96. The summed E-state index contributed by atoms with van der Waals surface area (Å²) in [6.45, 7) is 6.03. The molecule has 0 saturated heterocycles. The molecule has 0 aliphatic carbocycles. The second kappa shape index (κ2) is 6.07. The standard InChI is InChI=1S/C17H22N4O3/c1-9(5-12-10(2)20-21(4)11(12)3)17(22)19-14-7-16-15(6-13(14)18)23-8-24-16/h6-7,9H,5,8,18H2,1-4H3,(H,19,22). The number of rotatable bonds is 4. The van der Waals surface area contributed by atoms with Crippen LogP contribution in [0.5, 0.6) is 11.5 Å². The number of carbonyl (C=O) groups is 1. The Labute approximate surface area is 140 Å². The molecule has 2 aromatic rings. The minimum absolute atomic E-state index is 0.0942. The zero-order chi connectivity index (χ0) is 17.4. The van der Waals surface area contributed by atoms with Gasteiger partial charge in [0, 0.05) is 30.8 Å². The van der Waals surface area contributed by atoms with E-state index in [2.05, 4.69) is 10.4 Å². The molecular formula is C17H22N4O3. The second-order valence-corrected chi connectivity index (χ2v) is 6.16. The summed E-state index contributed by atoms with van der Waals surface area (Å²) < 4.78 is 12.4. The largest absolute Gasteiger partial charge is 0.454 e. The van der Waals surface area contributed by atoms with E-state index >= 15 is 0 Å². The summed E-state index contributed by atoms with van der Waals surface area (Å²) in [4.78, 5) is 12.5. The number of nitrogens with one attached hydrogen (secondary N) is 1. The van der Waals surface area contributed by atoms with Crippen molar-refractivity contribution in [2.24, 2.45) is 13.0 Å². The number of amides is 1. The van der Waals surface area contributed by atoms with Crippen molar-refractivity contribution in [3.63, 3.8) is 0 Å². The van der Waals surface area contributed by atoms with Crippen molar-refractivity contribution in [3.05, 3.63) is 29.1 Å². The van der Waals surface area contributed by atoms with Gasteiger partial charge in [0.2, 0.25) is 12.7 Å². The van der Waals surface area contributed by atoms with Gasteiger partial charge in [-0.15, -0.1) is 0 Å². The van der Waals surface area contributed by atoms with Crippen molar-refractivity contribution in [2.75, 3.05) is 17.8 Å². The molecule has 1 amide bonds. The lowest BCUT2D eigenvalue weighted by Gasteiger charge is -2.14. The molecule has 0 fully saturated rings. The lowest BCUT2D eigenvalue weighted by Crippen LogP contribution is -2.23. The highest BCUT2D eigenvalue weighted by atomic mass is 16.7. The number of aryl methyl sites for hydroxylation is 2. The van der Waals surface area contributed by atoms with Crippen LogP contribution in [0, 0.1) is 19.8 Å². The van der Waals surface area contributed by atoms with E-state index in [1.807, 2.05) is 32.5 Å². The Kier molecular flexibility index (Phi) is 4.09. The van der Waals surface area contributed by atoms with E-state index in [-0.39, 0.29) is 18.6 Å². The first-order valence-electron chi connectivity index (χ1n) is 7.86. The van der Waals surface area contributed by atoms with E-state index in [1.54, 1.807) is 12.1 Å². The van der Waals surface area contributed by atoms with Crippen LogP contribution in [-0.2, 0) is 18.3 Å². The number of hydrogen-bond donors (Lipinski definition) is 2. The summed E-state index contributed by atoms with van der Waals surface area (Å²) in [5.41, 5.74) is 10.1. The van der Waals surface area contributed by atoms with Crippen LogP contribution < -0.4 is 20.5 Å². The third kappa shape index (κ3) is 2.89. The van der Waals surface area contributed by atoms with Crippen LogP contribution in [0.3, 0.4) is 0 Å². The number of aromatic nitrogens is 2. The Morgan fingerprint density at radius 3 is 2.67 bits per heavy atom. The molecule has 1 aromatic carbocycles. The second-order valence-electron chi connectivity index (χ2n) is 6.16. The average Bonchev–Trinajstić information content (AvgIpc) is 3.06. The highest BCUT2D eigenvalue weighted by Gasteiger charge is 2.21. The van der Waals surface area contributed by atoms with Gasteiger partial charge in [-0.1, -0.05) is 6.92 Å². The molecule has 7 heteroatoms. The fourth-order valence-corrected chi connectivity index (χ4v) is 2.83. The molecule has 0 bridgehead atoms. The molecule has 1 aromatic heterocycles. The first-order chi connectivity index (χ1) is 11.4. The molecule has 1 aliphatic rings. The quantitative estimate of drug-likeness (QED) is 0.838. The predicted octanol–water partition coefficient (Wildman–Crippen LogP) is 2.17. The SMILES string of the molecule is Cc1nn(C)c(C)c1CC(C)C(=O)Nc1cc2c(cc1N)OCO2. The number of nitrogens with two attached hydrogens (primary N) is 1. The van der Waals surface area contributed by atoms with Crippen molar-refractivity contribution in [3.8, 4) is 11.5 Å². The first-order valence-corrected chi connectivity index (χ1v) is 7.86. The lowest BCUT2D eigenvalue weighted by molar-refractivity contribution is -0.119. The summed E-state index contributed by atoms with van der Waals surface area (Å²) in [6.07, 6.45) is 0.627. The number of hydrogen-bond acceptors (Lipinski definition) is 5. The van der Waals surface area contributed by atoms with E-state index in [9.17, 15) is 4.79 Å².